The van der Waals surface area contributed by atoms with Crippen molar-refractivity contribution in [1.29, 1.82) is 0 Å². The number of ether oxygens (including phenoxy) is 2. The van der Waals surface area contributed by atoms with Gasteiger partial charge < -0.3 is 19.3 Å². The molecule has 2 atom stereocenters. The summed E-state index contributed by atoms with van der Waals surface area (Å²) in [6.45, 7) is 0.828. The average Bonchev–Trinajstić information content (AvgIpc) is 3.17. The molecule has 19 heavy (non-hydrogen) atoms. The molecule has 1 aliphatic carbocycles. The molecule has 0 bridgehead atoms. The molecule has 2 heterocycles. The van der Waals surface area contributed by atoms with Crippen molar-refractivity contribution in [2.45, 2.75) is 49.9 Å². The van der Waals surface area contributed by atoms with Crippen molar-refractivity contribution >= 4 is 0 Å². The summed E-state index contributed by atoms with van der Waals surface area (Å²) in [7, 11) is 3.46. The van der Waals surface area contributed by atoms with Gasteiger partial charge >= 0.3 is 0 Å². The highest BCUT2D eigenvalue weighted by Gasteiger charge is 2.41. The third-order valence-corrected chi connectivity index (χ3v) is 4.37. The first-order valence-electron chi connectivity index (χ1n) is 6.93. The van der Waals surface area contributed by atoms with Crippen molar-refractivity contribution in [1.82, 2.24) is 15.5 Å². The van der Waals surface area contributed by atoms with Gasteiger partial charge in [-0.1, -0.05) is 5.16 Å². The zero-order valence-corrected chi connectivity index (χ0v) is 11.5. The molecule has 106 valence electrons. The monoisotopic (exact) mass is 267 g/mol. The summed E-state index contributed by atoms with van der Waals surface area (Å²) in [4.78, 5) is 4.57. The lowest BCUT2D eigenvalue weighted by Crippen LogP contribution is -2.26. The standard InChI is InChI=1S/C13H21N3O3/c1-17-9-7-10(14-8-9)11-15-12(16-19-11)13(18-2)5-3-4-6-13/h9-10,14H,3-8H2,1-2H3/t9-,10+/m0/s1. The maximum atomic E-state index is 5.67. The number of aromatic nitrogens is 2. The van der Waals surface area contributed by atoms with Gasteiger partial charge in [0.2, 0.25) is 11.7 Å². The van der Waals surface area contributed by atoms with Gasteiger partial charge in [0.1, 0.15) is 5.60 Å². The van der Waals surface area contributed by atoms with Gasteiger partial charge in [0.15, 0.2) is 0 Å². The molecule has 0 unspecified atom stereocenters. The maximum absolute atomic E-state index is 5.67. The number of nitrogens with zero attached hydrogens (tertiary/aromatic N) is 2. The molecule has 1 saturated carbocycles. The van der Waals surface area contributed by atoms with Crippen LogP contribution in [0.4, 0.5) is 0 Å². The molecule has 0 radical (unpaired) electrons. The van der Waals surface area contributed by atoms with Gasteiger partial charge in [0.25, 0.3) is 0 Å². The van der Waals surface area contributed by atoms with Crippen LogP contribution in [0.5, 0.6) is 0 Å². The minimum absolute atomic E-state index is 0.0986. The Hall–Kier alpha value is -0.980. The SMILES string of the molecule is CO[C@@H]1CN[C@@H](c2nc(C3(OC)CCCC3)no2)C1. The lowest BCUT2D eigenvalue weighted by atomic mass is 10.0. The zero-order valence-electron chi connectivity index (χ0n) is 11.5. The molecule has 1 saturated heterocycles. The van der Waals surface area contributed by atoms with E-state index >= 15 is 0 Å². The fraction of sp³-hybridized carbons (Fsp3) is 0.846. The van der Waals surface area contributed by atoms with Gasteiger partial charge in [0.05, 0.1) is 12.1 Å². The number of rotatable bonds is 4. The molecule has 1 aromatic rings. The molecular formula is C13H21N3O3. The summed E-state index contributed by atoms with van der Waals surface area (Å²) in [5, 5.41) is 7.49. The van der Waals surface area contributed by atoms with E-state index in [0.29, 0.717) is 11.7 Å². The Morgan fingerprint density at radius 1 is 1.32 bits per heavy atom. The van der Waals surface area contributed by atoms with Crippen molar-refractivity contribution in [2.24, 2.45) is 0 Å². The van der Waals surface area contributed by atoms with E-state index in [-0.39, 0.29) is 17.7 Å². The molecule has 3 rings (SSSR count). The lowest BCUT2D eigenvalue weighted by Gasteiger charge is -2.22. The minimum atomic E-state index is -0.332. The Morgan fingerprint density at radius 3 is 2.74 bits per heavy atom. The van der Waals surface area contributed by atoms with Gasteiger partial charge in [-0.3, -0.25) is 0 Å². The molecule has 0 spiro atoms. The fourth-order valence-corrected chi connectivity index (χ4v) is 3.10. The number of nitrogens with one attached hydrogen (secondary N) is 1. The van der Waals surface area contributed by atoms with Crippen LogP contribution in [0.3, 0.4) is 0 Å². The number of methoxy groups -OCH3 is 2. The molecular weight excluding hydrogens is 246 g/mol. The molecule has 1 N–H and O–H groups in total. The molecule has 6 nitrogen and oxygen atoms in total. The maximum Gasteiger partial charge on any atom is 0.243 e. The number of hydrogen-bond donors (Lipinski definition) is 1. The first-order chi connectivity index (χ1) is 9.27. The first kappa shape index (κ1) is 13.0. The van der Waals surface area contributed by atoms with E-state index in [1.165, 1.54) is 0 Å². The molecule has 2 fully saturated rings. The van der Waals surface area contributed by atoms with E-state index in [9.17, 15) is 0 Å². The second kappa shape index (κ2) is 5.19. The Kier molecular flexibility index (Phi) is 3.56. The smallest absolute Gasteiger partial charge is 0.243 e. The summed E-state index contributed by atoms with van der Waals surface area (Å²) < 4.78 is 16.4. The average molecular weight is 267 g/mol. The third-order valence-electron chi connectivity index (χ3n) is 4.37. The van der Waals surface area contributed by atoms with E-state index in [1.54, 1.807) is 14.2 Å². The molecule has 6 heteroatoms. The Bertz CT molecular complexity index is 429. The van der Waals surface area contributed by atoms with Crippen LogP contribution in [0.1, 0.15) is 49.9 Å². The normalized spacial score (nSPS) is 30.0. The van der Waals surface area contributed by atoms with E-state index in [0.717, 1.165) is 38.6 Å². The van der Waals surface area contributed by atoms with Gasteiger partial charge in [0, 0.05) is 20.8 Å². The van der Waals surface area contributed by atoms with E-state index in [4.69, 9.17) is 14.0 Å². The van der Waals surface area contributed by atoms with Crippen LogP contribution in [0, 0.1) is 0 Å². The van der Waals surface area contributed by atoms with Crippen LogP contribution < -0.4 is 5.32 Å². The summed E-state index contributed by atoms with van der Waals surface area (Å²) >= 11 is 0. The summed E-state index contributed by atoms with van der Waals surface area (Å²) in [6.07, 6.45) is 5.36. The third kappa shape index (κ3) is 2.28. The van der Waals surface area contributed by atoms with Crippen LogP contribution >= 0.6 is 0 Å². The van der Waals surface area contributed by atoms with Gasteiger partial charge in [-0.15, -0.1) is 0 Å². The van der Waals surface area contributed by atoms with Crippen molar-refractivity contribution in [3.05, 3.63) is 11.7 Å². The predicted octanol–water partition coefficient (Wildman–Crippen LogP) is 1.53. The van der Waals surface area contributed by atoms with Crippen LogP contribution in [-0.2, 0) is 15.1 Å². The second-order valence-corrected chi connectivity index (χ2v) is 5.42. The lowest BCUT2D eigenvalue weighted by molar-refractivity contribution is -0.0178. The predicted molar refractivity (Wildman–Crippen MR) is 67.6 cm³/mol. The Morgan fingerprint density at radius 2 is 2.11 bits per heavy atom. The van der Waals surface area contributed by atoms with E-state index in [2.05, 4.69) is 15.5 Å². The zero-order chi connectivity index (χ0) is 13.3. The number of hydrogen-bond acceptors (Lipinski definition) is 6. The van der Waals surface area contributed by atoms with E-state index in [1.807, 2.05) is 0 Å². The van der Waals surface area contributed by atoms with E-state index < -0.39 is 0 Å². The fourth-order valence-electron chi connectivity index (χ4n) is 3.10. The van der Waals surface area contributed by atoms with Gasteiger partial charge in [-0.05, 0) is 32.1 Å². The molecule has 0 aromatic carbocycles. The minimum Gasteiger partial charge on any atom is -0.380 e. The molecule has 2 aliphatic rings. The Labute approximate surface area is 112 Å². The quantitative estimate of drug-likeness (QED) is 0.892. The van der Waals surface area contributed by atoms with Gasteiger partial charge in [-0.2, -0.15) is 4.98 Å². The van der Waals surface area contributed by atoms with Crippen LogP contribution in [0.25, 0.3) is 0 Å². The summed E-state index contributed by atoms with van der Waals surface area (Å²) in [6, 6.07) is 0.0986. The largest absolute Gasteiger partial charge is 0.380 e. The topological polar surface area (TPSA) is 69.4 Å². The van der Waals surface area contributed by atoms with Crippen LogP contribution in [-0.4, -0.2) is 37.0 Å². The van der Waals surface area contributed by atoms with Crippen molar-refractivity contribution < 1.29 is 14.0 Å². The van der Waals surface area contributed by atoms with Crippen LogP contribution in [0.2, 0.25) is 0 Å². The molecule has 1 aromatic heterocycles. The summed E-state index contributed by atoms with van der Waals surface area (Å²) in [5.41, 5.74) is -0.332. The van der Waals surface area contributed by atoms with Crippen molar-refractivity contribution in [3.8, 4) is 0 Å². The highest BCUT2D eigenvalue weighted by atomic mass is 16.5. The highest BCUT2D eigenvalue weighted by Crippen LogP contribution is 2.40. The summed E-state index contributed by atoms with van der Waals surface area (Å²) in [5.74, 6) is 1.35. The van der Waals surface area contributed by atoms with Gasteiger partial charge in [-0.25, -0.2) is 0 Å². The second-order valence-electron chi connectivity index (χ2n) is 5.42. The molecule has 1 aliphatic heterocycles. The van der Waals surface area contributed by atoms with Crippen LogP contribution in [0.15, 0.2) is 4.52 Å². The Balaban J connectivity index is 1.76. The highest BCUT2D eigenvalue weighted by molar-refractivity contribution is 5.07. The van der Waals surface area contributed by atoms with Crippen molar-refractivity contribution in [2.75, 3.05) is 20.8 Å². The van der Waals surface area contributed by atoms with Crippen molar-refractivity contribution in [3.63, 3.8) is 0 Å². The first-order valence-corrected chi connectivity index (χ1v) is 6.93. The molecule has 0 amide bonds.